The number of hydrogen-bond donors (Lipinski definition) is 2. The van der Waals surface area contributed by atoms with E-state index in [0.717, 1.165) is 32.0 Å². The first-order valence-electron chi connectivity index (χ1n) is 10.8. The highest BCUT2D eigenvalue weighted by Gasteiger charge is 2.23. The lowest BCUT2D eigenvalue weighted by Crippen LogP contribution is -2.49. The maximum absolute atomic E-state index is 4.92. The zero-order valence-electron chi connectivity index (χ0n) is 17.4. The van der Waals surface area contributed by atoms with Crippen LogP contribution in [0.5, 0.6) is 0 Å². The van der Waals surface area contributed by atoms with Gasteiger partial charge in [0.2, 0.25) is 0 Å². The number of hydrogen-bond acceptors (Lipinski definition) is 3. The third-order valence-corrected chi connectivity index (χ3v) is 5.78. The van der Waals surface area contributed by atoms with E-state index in [9.17, 15) is 0 Å². The highest BCUT2D eigenvalue weighted by Crippen LogP contribution is 2.29. The van der Waals surface area contributed by atoms with E-state index in [1.807, 2.05) is 0 Å². The van der Waals surface area contributed by atoms with Crippen molar-refractivity contribution in [2.24, 2.45) is 4.99 Å². The number of guanidine groups is 1. The summed E-state index contributed by atoms with van der Waals surface area (Å²) < 4.78 is 0. The number of nitrogens with zero attached hydrogens (tertiary/aromatic N) is 3. The highest BCUT2D eigenvalue weighted by atomic mass is 15.2. The molecule has 0 radical (unpaired) electrons. The van der Waals surface area contributed by atoms with Gasteiger partial charge in [0, 0.05) is 44.0 Å². The van der Waals surface area contributed by atoms with E-state index in [1.165, 1.54) is 50.1 Å². The molecule has 1 fully saturated rings. The lowest BCUT2D eigenvalue weighted by atomic mass is 10.1. The number of likely N-dealkylation sites (tertiary alicyclic amines) is 1. The average Bonchev–Trinajstić information content (AvgIpc) is 3.12. The third kappa shape index (κ3) is 5.38. The van der Waals surface area contributed by atoms with Crippen molar-refractivity contribution in [1.29, 1.82) is 0 Å². The maximum atomic E-state index is 4.92. The van der Waals surface area contributed by atoms with Crippen LogP contribution in [0.1, 0.15) is 45.6 Å². The summed E-state index contributed by atoms with van der Waals surface area (Å²) in [6, 6.07) is 9.74. The van der Waals surface area contributed by atoms with Gasteiger partial charge in [0.1, 0.15) is 0 Å². The molecule has 1 aromatic carbocycles. The predicted molar refractivity (Wildman–Crippen MR) is 116 cm³/mol. The van der Waals surface area contributed by atoms with Crippen LogP contribution in [-0.4, -0.2) is 62.2 Å². The molecule has 0 saturated carbocycles. The zero-order chi connectivity index (χ0) is 19.1. The first-order valence-corrected chi connectivity index (χ1v) is 10.8. The summed E-state index contributed by atoms with van der Waals surface area (Å²) in [4.78, 5) is 10.0. The maximum Gasteiger partial charge on any atom is 0.191 e. The fourth-order valence-electron chi connectivity index (χ4n) is 4.27. The van der Waals surface area contributed by atoms with Crippen LogP contribution in [0.3, 0.4) is 0 Å². The second-order valence-corrected chi connectivity index (χ2v) is 7.90. The largest absolute Gasteiger partial charge is 0.366 e. The van der Waals surface area contributed by atoms with Crippen LogP contribution in [-0.2, 0) is 6.42 Å². The molecular weight excluding hydrogens is 334 g/mol. The van der Waals surface area contributed by atoms with Crippen LogP contribution in [0.15, 0.2) is 29.3 Å². The normalized spacial score (nSPS) is 19.8. The predicted octanol–water partition coefficient (Wildman–Crippen LogP) is 2.87. The van der Waals surface area contributed by atoms with E-state index in [-0.39, 0.29) is 0 Å². The smallest absolute Gasteiger partial charge is 0.191 e. The number of anilines is 1. The van der Waals surface area contributed by atoms with Crippen LogP contribution in [0, 0.1) is 0 Å². The summed E-state index contributed by atoms with van der Waals surface area (Å²) in [5.41, 5.74) is 2.86. The van der Waals surface area contributed by atoms with Gasteiger partial charge < -0.3 is 20.4 Å². The summed E-state index contributed by atoms with van der Waals surface area (Å²) in [7, 11) is 0. The molecule has 150 valence electrons. The molecule has 0 aliphatic carbocycles. The van der Waals surface area contributed by atoms with E-state index in [1.54, 1.807) is 0 Å². The van der Waals surface area contributed by atoms with E-state index in [4.69, 9.17) is 4.99 Å². The molecule has 0 bridgehead atoms. The van der Waals surface area contributed by atoms with Crippen LogP contribution in [0.2, 0.25) is 0 Å². The van der Waals surface area contributed by atoms with Gasteiger partial charge in [-0.1, -0.05) is 25.1 Å². The fourth-order valence-corrected chi connectivity index (χ4v) is 4.27. The minimum Gasteiger partial charge on any atom is -0.366 e. The standard InChI is InChI=1S/C22H37N5/c1-4-13-26-14-11-20(12-15-26)25-22(23-5-2)24-17-18(3)27-16-10-19-8-6-7-9-21(19)27/h6-9,18,20H,4-5,10-17H2,1-3H3,(H2,23,24,25). The van der Waals surface area contributed by atoms with E-state index in [0.29, 0.717) is 12.1 Å². The Kier molecular flexibility index (Phi) is 7.39. The molecule has 0 aromatic heterocycles. The van der Waals surface area contributed by atoms with Crippen molar-refractivity contribution in [3.05, 3.63) is 29.8 Å². The number of para-hydroxylation sites is 1. The number of fused-ring (bicyclic) bond motifs is 1. The average molecular weight is 372 g/mol. The van der Waals surface area contributed by atoms with Gasteiger partial charge in [-0.25, -0.2) is 0 Å². The summed E-state index contributed by atoms with van der Waals surface area (Å²) in [6.45, 7) is 13.2. The van der Waals surface area contributed by atoms with Gasteiger partial charge in [-0.15, -0.1) is 0 Å². The molecule has 1 saturated heterocycles. The minimum absolute atomic E-state index is 0.413. The third-order valence-electron chi connectivity index (χ3n) is 5.78. The topological polar surface area (TPSA) is 42.9 Å². The molecule has 2 N–H and O–H groups in total. The Morgan fingerprint density at radius 2 is 1.96 bits per heavy atom. The van der Waals surface area contributed by atoms with Gasteiger partial charge in [-0.3, -0.25) is 4.99 Å². The lowest BCUT2D eigenvalue weighted by Gasteiger charge is -2.33. The van der Waals surface area contributed by atoms with Crippen molar-refractivity contribution in [3.8, 4) is 0 Å². The molecule has 1 unspecified atom stereocenters. The van der Waals surface area contributed by atoms with Crippen molar-refractivity contribution in [3.63, 3.8) is 0 Å². The molecule has 27 heavy (non-hydrogen) atoms. The highest BCUT2D eigenvalue weighted by molar-refractivity contribution is 5.80. The summed E-state index contributed by atoms with van der Waals surface area (Å²) in [6.07, 6.45) is 4.82. The van der Waals surface area contributed by atoms with Crippen LogP contribution < -0.4 is 15.5 Å². The van der Waals surface area contributed by atoms with Gasteiger partial charge in [-0.05, 0) is 57.7 Å². The fraction of sp³-hybridized carbons (Fsp3) is 0.682. The first-order chi connectivity index (χ1) is 13.2. The summed E-state index contributed by atoms with van der Waals surface area (Å²) in [5, 5.41) is 7.12. The number of benzene rings is 1. The molecule has 1 aromatic rings. The second-order valence-electron chi connectivity index (χ2n) is 7.90. The molecule has 1 atom stereocenters. The van der Waals surface area contributed by atoms with Gasteiger partial charge >= 0.3 is 0 Å². The number of aliphatic imine (C=N–C) groups is 1. The Morgan fingerprint density at radius 3 is 2.70 bits per heavy atom. The van der Waals surface area contributed by atoms with Crippen molar-refractivity contribution in [2.75, 3.05) is 44.2 Å². The Balaban J connectivity index is 1.53. The van der Waals surface area contributed by atoms with Gasteiger partial charge in [0.05, 0.1) is 6.54 Å². The Labute approximate surface area is 165 Å². The minimum atomic E-state index is 0.413. The first kappa shape index (κ1) is 20.0. The number of rotatable bonds is 7. The Morgan fingerprint density at radius 1 is 1.19 bits per heavy atom. The molecule has 0 amide bonds. The second kappa shape index (κ2) is 9.98. The molecule has 2 aliphatic rings. The summed E-state index contributed by atoms with van der Waals surface area (Å²) >= 11 is 0. The molecule has 0 spiro atoms. The number of piperidine rings is 1. The van der Waals surface area contributed by atoms with Gasteiger partial charge in [0.15, 0.2) is 5.96 Å². The van der Waals surface area contributed by atoms with Crippen LogP contribution >= 0.6 is 0 Å². The molecule has 2 aliphatic heterocycles. The van der Waals surface area contributed by atoms with E-state index < -0.39 is 0 Å². The van der Waals surface area contributed by atoms with Crippen molar-refractivity contribution in [2.45, 2.75) is 58.5 Å². The Bertz CT molecular complexity index is 606. The lowest BCUT2D eigenvalue weighted by molar-refractivity contribution is 0.206. The van der Waals surface area contributed by atoms with Crippen molar-refractivity contribution >= 4 is 11.6 Å². The molecular formula is C22H37N5. The van der Waals surface area contributed by atoms with Gasteiger partial charge in [-0.2, -0.15) is 0 Å². The SMILES string of the molecule is CCCN1CCC(NC(=NCC(C)N2CCc3ccccc32)NCC)CC1. The Hall–Kier alpha value is -1.75. The van der Waals surface area contributed by atoms with E-state index in [2.05, 4.69) is 65.5 Å². The van der Waals surface area contributed by atoms with E-state index >= 15 is 0 Å². The van der Waals surface area contributed by atoms with Crippen molar-refractivity contribution < 1.29 is 0 Å². The van der Waals surface area contributed by atoms with Crippen LogP contribution in [0.25, 0.3) is 0 Å². The molecule has 5 heteroatoms. The molecule has 3 rings (SSSR count). The van der Waals surface area contributed by atoms with Crippen molar-refractivity contribution in [1.82, 2.24) is 15.5 Å². The quantitative estimate of drug-likeness (QED) is 0.571. The summed E-state index contributed by atoms with van der Waals surface area (Å²) in [5.74, 6) is 0.978. The van der Waals surface area contributed by atoms with Gasteiger partial charge in [0.25, 0.3) is 0 Å². The number of nitrogens with one attached hydrogen (secondary N) is 2. The molecule has 5 nitrogen and oxygen atoms in total. The zero-order valence-corrected chi connectivity index (χ0v) is 17.4. The molecule has 2 heterocycles. The monoisotopic (exact) mass is 371 g/mol. The van der Waals surface area contributed by atoms with Crippen LogP contribution in [0.4, 0.5) is 5.69 Å².